The summed E-state index contributed by atoms with van der Waals surface area (Å²) in [5.41, 5.74) is 1.62. The predicted octanol–water partition coefficient (Wildman–Crippen LogP) is 8.30. The monoisotopic (exact) mass is 683 g/mol. The number of amides is 2. The molecule has 0 aromatic rings. The van der Waals surface area contributed by atoms with E-state index >= 15 is 0 Å². The zero-order chi connectivity index (χ0) is 36.0. The van der Waals surface area contributed by atoms with E-state index in [4.69, 9.17) is 5.11 Å². The molecule has 5 aliphatic rings. The van der Waals surface area contributed by atoms with Crippen LogP contribution in [0.3, 0.4) is 0 Å². The maximum Gasteiger partial charge on any atom is 0.308 e. The largest absolute Gasteiger partial charge is 0.481 e. The first kappa shape index (κ1) is 38.3. The zero-order valence-electron chi connectivity index (χ0n) is 32.1. The molecule has 5 aliphatic carbocycles. The van der Waals surface area contributed by atoms with Gasteiger partial charge in [-0.3, -0.25) is 14.4 Å². The van der Waals surface area contributed by atoms with Crippen molar-refractivity contribution in [2.75, 3.05) is 13.1 Å². The van der Waals surface area contributed by atoms with Crippen molar-refractivity contribution in [3.63, 3.8) is 0 Å². The van der Waals surface area contributed by atoms with Gasteiger partial charge in [0.2, 0.25) is 11.8 Å². The Kier molecular flexibility index (Phi) is 11.2. The third-order valence-corrected chi connectivity index (χ3v) is 16.4. The summed E-state index contributed by atoms with van der Waals surface area (Å²) in [5, 5.41) is 26.2. The van der Waals surface area contributed by atoms with Gasteiger partial charge in [-0.2, -0.15) is 0 Å². The van der Waals surface area contributed by atoms with Gasteiger partial charge < -0.3 is 20.8 Å². The van der Waals surface area contributed by atoms with Crippen LogP contribution in [0, 0.1) is 62.6 Å². The fourth-order valence-electron chi connectivity index (χ4n) is 13.3. The third kappa shape index (κ3) is 6.54. The summed E-state index contributed by atoms with van der Waals surface area (Å²) >= 11 is 0. The van der Waals surface area contributed by atoms with Gasteiger partial charge in [0, 0.05) is 19.5 Å². The third-order valence-electron chi connectivity index (χ3n) is 16.4. The molecule has 11 atom stereocenters. The van der Waals surface area contributed by atoms with Crippen LogP contribution in [0.4, 0.5) is 0 Å². The van der Waals surface area contributed by atoms with Crippen molar-refractivity contribution in [1.82, 2.24) is 10.6 Å². The van der Waals surface area contributed by atoms with Gasteiger partial charge in [-0.1, -0.05) is 73.0 Å². The van der Waals surface area contributed by atoms with Crippen LogP contribution >= 0.6 is 0 Å². The van der Waals surface area contributed by atoms with Crippen molar-refractivity contribution in [2.24, 2.45) is 62.6 Å². The van der Waals surface area contributed by atoms with Crippen LogP contribution in [-0.2, 0) is 14.4 Å². The molecule has 0 heterocycles. The SMILES string of the molecule is C=C(C)[C@@H]1CC[C@]2(C(=O)NCCCCCCCC(=O)NC[C@@H](C)C(=O)O)CC[C@]3(C)[C@H](CC[C@H]4[C@@]5(C)CC[C@H](O)C(C)(C)[C@@H]5CC[C@]43C)[C@@H]12. The molecule has 0 bridgehead atoms. The summed E-state index contributed by atoms with van der Waals surface area (Å²) < 4.78 is 0. The number of rotatable bonds is 13. The Balaban J connectivity index is 1.19. The summed E-state index contributed by atoms with van der Waals surface area (Å²) in [5.74, 6) is 1.27. The molecular weight excluding hydrogens is 612 g/mol. The molecule has 0 aromatic heterocycles. The van der Waals surface area contributed by atoms with Crippen LogP contribution in [0.15, 0.2) is 12.2 Å². The first-order chi connectivity index (χ1) is 23.0. The number of allylic oxidation sites excluding steroid dienone is 1. The molecule has 0 radical (unpaired) electrons. The number of carbonyl (C=O) groups excluding carboxylic acids is 2. The number of aliphatic hydroxyl groups is 1. The predicted molar refractivity (Wildman–Crippen MR) is 195 cm³/mol. The van der Waals surface area contributed by atoms with Crippen molar-refractivity contribution in [3.8, 4) is 0 Å². The standard InChI is InChI=1S/C42H70N2O5/c1-27(2)29-17-22-42(37(49)43-25-13-11-9-10-12-14-34(46)44-26-28(3)36(47)48)24-23-40(7)30(35(29)42)15-16-32-39(6)20-19-33(45)38(4,5)31(39)18-21-41(32,40)8/h28-33,35,45H,1,9-26H2,2-8H3,(H,43,49)(H,44,46)(H,47,48)/t28-,29+,30-,31+,32+,33+,35-,39+,40-,41-,42+/m1/s1. The fourth-order valence-corrected chi connectivity index (χ4v) is 13.3. The average Bonchev–Trinajstić information content (AvgIpc) is 3.44. The molecule has 5 saturated carbocycles. The highest BCUT2D eigenvalue weighted by atomic mass is 16.4. The molecule has 49 heavy (non-hydrogen) atoms. The molecule has 5 rings (SSSR count). The Hall–Kier alpha value is -1.89. The van der Waals surface area contributed by atoms with E-state index in [1.54, 1.807) is 6.92 Å². The lowest BCUT2D eigenvalue weighted by molar-refractivity contribution is -0.246. The maximum atomic E-state index is 14.4. The minimum atomic E-state index is -0.896. The fraction of sp³-hybridized carbons (Fsp3) is 0.881. The van der Waals surface area contributed by atoms with Gasteiger partial charge in [0.15, 0.2) is 0 Å². The normalized spacial score (nSPS) is 41.3. The zero-order valence-corrected chi connectivity index (χ0v) is 32.1. The summed E-state index contributed by atoms with van der Waals surface area (Å²) in [6.45, 7) is 21.7. The van der Waals surface area contributed by atoms with Crippen LogP contribution in [0.2, 0.25) is 0 Å². The Morgan fingerprint density at radius 2 is 1.49 bits per heavy atom. The highest BCUT2D eigenvalue weighted by molar-refractivity contribution is 5.84. The van der Waals surface area contributed by atoms with E-state index in [1.807, 2.05) is 0 Å². The first-order valence-electron chi connectivity index (χ1n) is 20.1. The van der Waals surface area contributed by atoms with Crippen molar-refractivity contribution in [1.29, 1.82) is 0 Å². The van der Waals surface area contributed by atoms with Gasteiger partial charge in [0.05, 0.1) is 17.4 Å². The number of nitrogens with one attached hydrogen (secondary N) is 2. The molecule has 7 nitrogen and oxygen atoms in total. The lowest BCUT2D eigenvalue weighted by atomic mass is 9.32. The molecule has 0 aliphatic heterocycles. The first-order valence-corrected chi connectivity index (χ1v) is 20.1. The highest BCUT2D eigenvalue weighted by Crippen LogP contribution is 2.77. The number of aliphatic hydroxyl groups excluding tert-OH is 1. The van der Waals surface area contributed by atoms with Crippen molar-refractivity contribution < 1.29 is 24.6 Å². The second-order valence-corrected chi connectivity index (χ2v) is 19.0. The molecule has 0 aromatic carbocycles. The van der Waals surface area contributed by atoms with E-state index < -0.39 is 11.9 Å². The van der Waals surface area contributed by atoms with Crippen LogP contribution in [-0.4, -0.2) is 47.2 Å². The number of aliphatic carboxylic acids is 1. The summed E-state index contributed by atoms with van der Waals surface area (Å²) in [6.07, 6.45) is 16.1. The summed E-state index contributed by atoms with van der Waals surface area (Å²) in [4.78, 5) is 37.3. The molecular formula is C42H70N2O5. The van der Waals surface area contributed by atoms with Crippen LogP contribution < -0.4 is 10.6 Å². The number of hydrogen-bond acceptors (Lipinski definition) is 4. The van der Waals surface area contributed by atoms with E-state index in [2.05, 4.69) is 58.8 Å². The van der Waals surface area contributed by atoms with Crippen molar-refractivity contribution in [3.05, 3.63) is 12.2 Å². The lowest BCUT2D eigenvalue weighted by Gasteiger charge is -2.72. The van der Waals surface area contributed by atoms with Crippen LogP contribution in [0.25, 0.3) is 0 Å². The lowest BCUT2D eigenvalue weighted by Crippen LogP contribution is -2.67. The van der Waals surface area contributed by atoms with Crippen molar-refractivity contribution >= 4 is 17.8 Å². The van der Waals surface area contributed by atoms with Gasteiger partial charge in [-0.15, -0.1) is 0 Å². The van der Waals surface area contributed by atoms with Crippen LogP contribution in [0.1, 0.15) is 151 Å². The van der Waals surface area contributed by atoms with Gasteiger partial charge in [0.1, 0.15) is 0 Å². The van der Waals surface area contributed by atoms with Crippen LogP contribution in [0.5, 0.6) is 0 Å². The molecule has 0 spiro atoms. The van der Waals surface area contributed by atoms with E-state index in [1.165, 1.54) is 31.3 Å². The number of fused-ring (bicyclic) bond motifs is 7. The molecule has 5 fully saturated rings. The minimum Gasteiger partial charge on any atom is -0.481 e. The second kappa shape index (κ2) is 14.3. The molecule has 4 N–H and O–H groups in total. The van der Waals surface area contributed by atoms with E-state index in [-0.39, 0.29) is 45.6 Å². The van der Waals surface area contributed by atoms with E-state index in [0.717, 1.165) is 70.6 Å². The smallest absolute Gasteiger partial charge is 0.308 e. The molecule has 7 heteroatoms. The molecule has 0 saturated heterocycles. The summed E-state index contributed by atoms with van der Waals surface area (Å²) in [6, 6.07) is 0. The number of hydrogen-bond donors (Lipinski definition) is 4. The topological polar surface area (TPSA) is 116 Å². The Morgan fingerprint density at radius 3 is 2.18 bits per heavy atom. The van der Waals surface area contributed by atoms with Gasteiger partial charge in [-0.05, 0) is 135 Å². The quantitative estimate of drug-likeness (QED) is 0.115. The Morgan fingerprint density at radius 1 is 0.796 bits per heavy atom. The number of carboxylic acid groups (broad SMARTS) is 1. The Labute approximate surface area is 297 Å². The summed E-state index contributed by atoms with van der Waals surface area (Å²) in [7, 11) is 0. The highest BCUT2D eigenvalue weighted by Gasteiger charge is 2.71. The van der Waals surface area contributed by atoms with Crippen molar-refractivity contribution in [2.45, 2.75) is 157 Å². The van der Waals surface area contributed by atoms with Gasteiger partial charge in [-0.25, -0.2) is 0 Å². The van der Waals surface area contributed by atoms with Gasteiger partial charge in [0.25, 0.3) is 0 Å². The van der Waals surface area contributed by atoms with E-state index in [9.17, 15) is 19.5 Å². The molecule has 2 amide bonds. The molecule has 278 valence electrons. The molecule has 0 unspecified atom stereocenters. The number of carboxylic acids is 1. The minimum absolute atomic E-state index is 0.0393. The second-order valence-electron chi connectivity index (χ2n) is 19.0. The maximum absolute atomic E-state index is 14.4. The van der Waals surface area contributed by atoms with E-state index in [0.29, 0.717) is 48.5 Å². The van der Waals surface area contributed by atoms with Gasteiger partial charge >= 0.3 is 5.97 Å². The Bertz CT molecular complexity index is 1260. The number of unbranched alkanes of at least 4 members (excludes halogenated alkanes) is 4. The average molecular weight is 683 g/mol. The number of carbonyl (C=O) groups is 3.